The molecule has 0 unspecified atom stereocenters. The number of amides is 1. The minimum Gasteiger partial charge on any atom is -0.348 e. The molecule has 1 amide bonds. The lowest BCUT2D eigenvalue weighted by atomic mass is 10.1. The molecule has 0 bridgehead atoms. The van der Waals surface area contributed by atoms with Crippen molar-refractivity contribution in [2.75, 3.05) is 17.8 Å². The molecule has 1 saturated heterocycles. The molecule has 0 atom stereocenters. The number of hydrogen-bond acceptors (Lipinski definition) is 4. The van der Waals surface area contributed by atoms with E-state index in [9.17, 15) is 13.2 Å². The molecule has 7 heteroatoms. The van der Waals surface area contributed by atoms with Crippen LogP contribution in [0.1, 0.15) is 51.0 Å². The molecule has 1 aliphatic rings. The zero-order chi connectivity index (χ0) is 25.0. The highest BCUT2D eigenvalue weighted by Gasteiger charge is 2.20. The standard InChI is InChI=1S/C28H33N3O3S/c1-20-10-11-21(2)26(16-20)30-35(33,34)27-17-23(13-12-22(27)3)28(32)29-18-24-8-4-5-9-25(24)19-31-14-6-7-15-31/h4-5,8-13,16-17,30H,6-7,14-15,18-19H2,1-3H3,(H,29,32). The van der Waals surface area contributed by atoms with Crippen molar-refractivity contribution in [2.24, 2.45) is 0 Å². The highest BCUT2D eigenvalue weighted by Crippen LogP contribution is 2.24. The average molecular weight is 492 g/mol. The summed E-state index contributed by atoms with van der Waals surface area (Å²) in [5.74, 6) is -0.302. The lowest BCUT2D eigenvalue weighted by molar-refractivity contribution is 0.0950. The van der Waals surface area contributed by atoms with Gasteiger partial charge in [-0.05, 0) is 92.7 Å². The summed E-state index contributed by atoms with van der Waals surface area (Å²) in [5, 5.41) is 2.97. The lowest BCUT2D eigenvalue weighted by Crippen LogP contribution is -2.25. The molecule has 2 N–H and O–H groups in total. The van der Waals surface area contributed by atoms with E-state index < -0.39 is 10.0 Å². The number of rotatable bonds is 8. The van der Waals surface area contributed by atoms with Gasteiger partial charge in [0.05, 0.1) is 10.6 Å². The Bertz CT molecular complexity index is 1330. The number of carbonyl (C=O) groups is 1. The van der Waals surface area contributed by atoms with Crippen molar-refractivity contribution in [1.29, 1.82) is 0 Å². The van der Waals surface area contributed by atoms with Gasteiger partial charge < -0.3 is 5.32 Å². The summed E-state index contributed by atoms with van der Waals surface area (Å²) in [4.78, 5) is 15.5. The second-order valence-electron chi connectivity index (χ2n) is 9.34. The van der Waals surface area contributed by atoms with Gasteiger partial charge in [-0.3, -0.25) is 14.4 Å². The zero-order valence-electron chi connectivity index (χ0n) is 20.6. The molecule has 184 valence electrons. The van der Waals surface area contributed by atoms with Gasteiger partial charge in [-0.2, -0.15) is 0 Å². The number of aryl methyl sites for hydroxylation is 3. The summed E-state index contributed by atoms with van der Waals surface area (Å²) in [6, 6.07) is 18.6. The van der Waals surface area contributed by atoms with Crippen LogP contribution in [-0.4, -0.2) is 32.3 Å². The van der Waals surface area contributed by atoms with Crippen molar-refractivity contribution < 1.29 is 13.2 Å². The highest BCUT2D eigenvalue weighted by atomic mass is 32.2. The summed E-state index contributed by atoms with van der Waals surface area (Å²) in [5.41, 5.74) is 5.50. The van der Waals surface area contributed by atoms with E-state index in [-0.39, 0.29) is 10.8 Å². The first-order valence-electron chi connectivity index (χ1n) is 12.0. The third kappa shape index (κ3) is 6.10. The zero-order valence-corrected chi connectivity index (χ0v) is 21.4. The van der Waals surface area contributed by atoms with Gasteiger partial charge >= 0.3 is 0 Å². The SMILES string of the molecule is Cc1ccc(C)c(NS(=O)(=O)c2cc(C(=O)NCc3ccccc3CN3CCCC3)ccc2C)c1. The first-order chi connectivity index (χ1) is 16.7. The molecular formula is C28H33N3O3S. The molecule has 6 nitrogen and oxygen atoms in total. The maximum absolute atomic E-state index is 13.2. The molecule has 0 saturated carbocycles. The summed E-state index contributed by atoms with van der Waals surface area (Å²) < 4.78 is 29.1. The number of likely N-dealkylation sites (tertiary alicyclic amines) is 1. The Hall–Kier alpha value is -3.16. The summed E-state index contributed by atoms with van der Waals surface area (Å²) in [6.07, 6.45) is 2.46. The van der Waals surface area contributed by atoms with Crippen molar-refractivity contribution >= 4 is 21.6 Å². The quantitative estimate of drug-likeness (QED) is 0.468. The Balaban J connectivity index is 1.50. The topological polar surface area (TPSA) is 78.5 Å². The first kappa shape index (κ1) is 24.9. The molecule has 0 aromatic heterocycles. The number of nitrogens with one attached hydrogen (secondary N) is 2. The second kappa shape index (κ2) is 10.6. The van der Waals surface area contributed by atoms with E-state index in [4.69, 9.17) is 0 Å². The smallest absolute Gasteiger partial charge is 0.262 e. The molecule has 1 heterocycles. The molecular weight excluding hydrogens is 458 g/mol. The van der Waals surface area contributed by atoms with Crippen molar-refractivity contribution in [3.63, 3.8) is 0 Å². The lowest BCUT2D eigenvalue weighted by Gasteiger charge is -2.18. The van der Waals surface area contributed by atoms with Crippen LogP contribution in [0.15, 0.2) is 65.6 Å². The molecule has 35 heavy (non-hydrogen) atoms. The van der Waals surface area contributed by atoms with E-state index in [0.717, 1.165) is 36.3 Å². The Kier molecular flexibility index (Phi) is 7.57. The maximum Gasteiger partial charge on any atom is 0.262 e. The second-order valence-corrected chi connectivity index (χ2v) is 11.0. The molecule has 3 aromatic rings. The summed E-state index contributed by atoms with van der Waals surface area (Å²) in [7, 11) is -3.86. The molecule has 4 rings (SSSR count). The molecule has 3 aromatic carbocycles. The fourth-order valence-corrected chi connectivity index (χ4v) is 5.81. The van der Waals surface area contributed by atoms with Crippen LogP contribution in [0.5, 0.6) is 0 Å². The van der Waals surface area contributed by atoms with E-state index >= 15 is 0 Å². The van der Waals surface area contributed by atoms with Crippen molar-refractivity contribution in [2.45, 2.75) is 51.6 Å². The van der Waals surface area contributed by atoms with Crippen LogP contribution in [0, 0.1) is 20.8 Å². The van der Waals surface area contributed by atoms with Gasteiger partial charge in [0.25, 0.3) is 15.9 Å². The Morgan fingerprint density at radius 2 is 1.57 bits per heavy atom. The molecule has 0 radical (unpaired) electrons. The summed E-state index contributed by atoms with van der Waals surface area (Å²) >= 11 is 0. The van der Waals surface area contributed by atoms with Gasteiger partial charge in [0.2, 0.25) is 0 Å². The number of nitrogens with zero attached hydrogens (tertiary/aromatic N) is 1. The van der Waals surface area contributed by atoms with E-state index in [2.05, 4.69) is 21.0 Å². The molecule has 1 aliphatic heterocycles. The third-order valence-corrected chi connectivity index (χ3v) is 8.04. The Labute approximate surface area is 208 Å². The number of hydrogen-bond donors (Lipinski definition) is 2. The minimum absolute atomic E-state index is 0.0977. The molecule has 0 aliphatic carbocycles. The third-order valence-electron chi connectivity index (χ3n) is 6.53. The van der Waals surface area contributed by atoms with Crippen LogP contribution in [-0.2, 0) is 23.1 Å². The van der Waals surface area contributed by atoms with Crippen LogP contribution >= 0.6 is 0 Å². The van der Waals surface area contributed by atoms with Gasteiger partial charge in [0.1, 0.15) is 0 Å². The van der Waals surface area contributed by atoms with Gasteiger partial charge in [-0.15, -0.1) is 0 Å². The van der Waals surface area contributed by atoms with Gasteiger partial charge in [-0.1, -0.05) is 42.5 Å². The van der Waals surface area contributed by atoms with Crippen LogP contribution in [0.25, 0.3) is 0 Å². The minimum atomic E-state index is -3.86. The van der Waals surface area contributed by atoms with Crippen LogP contribution in [0.3, 0.4) is 0 Å². The van der Waals surface area contributed by atoms with E-state index in [1.807, 2.05) is 44.2 Å². The number of carbonyl (C=O) groups excluding carboxylic acids is 1. The van der Waals surface area contributed by atoms with E-state index in [1.54, 1.807) is 25.1 Å². The number of anilines is 1. The molecule has 0 spiro atoms. The van der Waals surface area contributed by atoms with Gasteiger partial charge in [0, 0.05) is 18.7 Å². The van der Waals surface area contributed by atoms with Crippen molar-refractivity contribution in [1.82, 2.24) is 10.2 Å². The first-order valence-corrected chi connectivity index (χ1v) is 13.5. The molecule has 1 fully saturated rings. The van der Waals surface area contributed by atoms with Gasteiger partial charge in [-0.25, -0.2) is 8.42 Å². The summed E-state index contributed by atoms with van der Waals surface area (Å²) in [6.45, 7) is 8.98. The maximum atomic E-state index is 13.2. The number of benzene rings is 3. The fraction of sp³-hybridized carbons (Fsp3) is 0.321. The average Bonchev–Trinajstić information content (AvgIpc) is 3.34. The van der Waals surface area contributed by atoms with E-state index in [1.165, 1.54) is 24.5 Å². The van der Waals surface area contributed by atoms with Crippen molar-refractivity contribution in [3.8, 4) is 0 Å². The Morgan fingerprint density at radius 1 is 0.886 bits per heavy atom. The Morgan fingerprint density at radius 3 is 2.31 bits per heavy atom. The van der Waals surface area contributed by atoms with E-state index in [0.29, 0.717) is 23.4 Å². The van der Waals surface area contributed by atoms with Crippen LogP contribution in [0.4, 0.5) is 5.69 Å². The number of sulfonamides is 1. The predicted octanol–water partition coefficient (Wildman–Crippen LogP) is 4.94. The van der Waals surface area contributed by atoms with Crippen LogP contribution in [0.2, 0.25) is 0 Å². The van der Waals surface area contributed by atoms with Crippen molar-refractivity contribution in [3.05, 3.63) is 94.0 Å². The van der Waals surface area contributed by atoms with Crippen LogP contribution < -0.4 is 10.0 Å². The fourth-order valence-electron chi connectivity index (χ4n) is 4.42. The highest BCUT2D eigenvalue weighted by molar-refractivity contribution is 7.92. The largest absolute Gasteiger partial charge is 0.348 e. The van der Waals surface area contributed by atoms with Gasteiger partial charge in [0.15, 0.2) is 0 Å². The normalized spacial score (nSPS) is 14.1. The monoisotopic (exact) mass is 491 g/mol. The predicted molar refractivity (Wildman–Crippen MR) is 140 cm³/mol.